The second-order valence-corrected chi connectivity index (χ2v) is 4.67. The number of hydrogen-bond donors (Lipinski definition) is 0. The average molecular weight is 242 g/mol. The molecule has 94 valence electrons. The van der Waals surface area contributed by atoms with Crippen LogP contribution in [0.1, 0.15) is 37.7 Å². The van der Waals surface area contributed by atoms with Crippen molar-refractivity contribution >= 4 is 5.97 Å². The summed E-state index contributed by atoms with van der Waals surface area (Å²) in [6.45, 7) is 0.305. The normalized spacial score (nSPS) is 15.6. The lowest BCUT2D eigenvalue weighted by Gasteiger charge is -2.15. The molecule has 2 nitrogen and oxygen atoms in total. The van der Waals surface area contributed by atoms with Crippen molar-refractivity contribution in [2.75, 3.05) is 0 Å². The van der Waals surface area contributed by atoms with Gasteiger partial charge in [-0.3, -0.25) is 0 Å². The van der Waals surface area contributed by atoms with Gasteiger partial charge in [-0.2, -0.15) is 0 Å². The Balaban J connectivity index is 1.76. The summed E-state index contributed by atoms with van der Waals surface area (Å²) in [4.78, 5) is 11.5. The minimum atomic E-state index is -0.413. The summed E-state index contributed by atoms with van der Waals surface area (Å²) >= 11 is 0. The first-order valence-electron chi connectivity index (χ1n) is 6.57. The molecule has 0 unspecified atom stereocenters. The van der Waals surface area contributed by atoms with Crippen LogP contribution in [0.25, 0.3) is 0 Å². The van der Waals surface area contributed by atoms with Crippen molar-refractivity contribution in [2.24, 2.45) is 5.92 Å². The summed E-state index contributed by atoms with van der Waals surface area (Å²) in [5, 5.41) is 0. The van der Waals surface area contributed by atoms with E-state index >= 15 is 0 Å². The molecule has 0 aliphatic heterocycles. The Morgan fingerprint density at radius 1 is 1.17 bits per heavy atom. The Hall–Kier alpha value is -1.75. The van der Waals surface area contributed by atoms with Gasteiger partial charge in [0.2, 0.25) is 0 Å². The van der Waals surface area contributed by atoms with E-state index in [2.05, 4.69) is 11.8 Å². The van der Waals surface area contributed by atoms with Crippen molar-refractivity contribution in [3.8, 4) is 11.8 Å². The van der Waals surface area contributed by atoms with Crippen molar-refractivity contribution in [1.29, 1.82) is 0 Å². The number of esters is 1. The summed E-state index contributed by atoms with van der Waals surface area (Å²) in [5.74, 6) is 5.62. The van der Waals surface area contributed by atoms with Gasteiger partial charge in [-0.1, -0.05) is 55.5 Å². The lowest BCUT2D eigenvalue weighted by atomic mass is 9.90. The zero-order valence-electron chi connectivity index (χ0n) is 10.5. The second-order valence-electron chi connectivity index (χ2n) is 4.67. The van der Waals surface area contributed by atoms with E-state index in [1.54, 1.807) is 0 Å². The lowest BCUT2D eigenvalue weighted by Crippen LogP contribution is -2.06. The van der Waals surface area contributed by atoms with Crippen LogP contribution >= 0.6 is 0 Å². The molecule has 0 bridgehead atoms. The Bertz CT molecular complexity index is 433. The fourth-order valence-electron chi connectivity index (χ4n) is 2.17. The van der Waals surface area contributed by atoms with Gasteiger partial charge in [-0.25, -0.2) is 4.79 Å². The molecule has 1 aromatic rings. The summed E-state index contributed by atoms with van der Waals surface area (Å²) in [6, 6.07) is 9.66. The molecule has 0 heterocycles. The molecular formula is C16H18O2. The molecule has 2 heteroatoms. The molecule has 0 aromatic heterocycles. The number of rotatable bonds is 2. The maximum Gasteiger partial charge on any atom is 0.384 e. The maximum atomic E-state index is 11.5. The van der Waals surface area contributed by atoms with Gasteiger partial charge in [0, 0.05) is 11.8 Å². The molecule has 18 heavy (non-hydrogen) atoms. The third kappa shape index (κ3) is 4.25. The van der Waals surface area contributed by atoms with Gasteiger partial charge in [0.05, 0.1) is 0 Å². The van der Waals surface area contributed by atoms with Crippen LogP contribution in [-0.4, -0.2) is 5.97 Å². The van der Waals surface area contributed by atoms with E-state index in [1.807, 2.05) is 30.3 Å². The van der Waals surface area contributed by atoms with Crippen LogP contribution in [0.5, 0.6) is 0 Å². The largest absolute Gasteiger partial charge is 0.451 e. The molecule has 1 fully saturated rings. The molecule has 0 atom stereocenters. The number of carbonyl (C=O) groups excluding carboxylic acids is 1. The number of carbonyl (C=O) groups is 1. The first-order valence-corrected chi connectivity index (χ1v) is 6.57. The Morgan fingerprint density at radius 2 is 1.89 bits per heavy atom. The molecule has 1 aromatic carbocycles. The molecule has 2 rings (SSSR count). The van der Waals surface area contributed by atoms with Crippen molar-refractivity contribution < 1.29 is 9.53 Å². The second kappa shape index (κ2) is 6.86. The third-order valence-corrected chi connectivity index (χ3v) is 3.20. The van der Waals surface area contributed by atoms with E-state index in [0.717, 1.165) is 18.4 Å². The number of hydrogen-bond acceptors (Lipinski definition) is 2. The highest BCUT2D eigenvalue weighted by atomic mass is 16.5. The predicted molar refractivity (Wildman–Crippen MR) is 70.6 cm³/mol. The zero-order valence-corrected chi connectivity index (χ0v) is 10.5. The topological polar surface area (TPSA) is 26.3 Å². The minimum Gasteiger partial charge on any atom is -0.451 e. The van der Waals surface area contributed by atoms with Crippen LogP contribution in [0.3, 0.4) is 0 Å². The van der Waals surface area contributed by atoms with Crippen LogP contribution < -0.4 is 0 Å². The Morgan fingerprint density at radius 3 is 2.61 bits per heavy atom. The molecule has 1 aliphatic rings. The van der Waals surface area contributed by atoms with Gasteiger partial charge in [0.25, 0.3) is 0 Å². The van der Waals surface area contributed by atoms with Crippen molar-refractivity contribution in [3.63, 3.8) is 0 Å². The fourth-order valence-corrected chi connectivity index (χ4v) is 2.17. The highest BCUT2D eigenvalue weighted by Gasteiger charge is 2.10. The minimum absolute atomic E-state index is 0.305. The van der Waals surface area contributed by atoms with E-state index in [4.69, 9.17) is 4.74 Å². The van der Waals surface area contributed by atoms with E-state index in [9.17, 15) is 4.79 Å². The van der Waals surface area contributed by atoms with Crippen LogP contribution in [0.15, 0.2) is 30.3 Å². The summed E-state index contributed by atoms with van der Waals surface area (Å²) in [5.41, 5.74) is 0.991. The first kappa shape index (κ1) is 12.7. The van der Waals surface area contributed by atoms with Crippen molar-refractivity contribution in [2.45, 2.75) is 38.7 Å². The smallest absolute Gasteiger partial charge is 0.384 e. The van der Waals surface area contributed by atoms with Gasteiger partial charge in [-0.05, 0) is 18.4 Å². The highest BCUT2D eigenvalue weighted by molar-refractivity contribution is 5.88. The van der Waals surface area contributed by atoms with Crippen molar-refractivity contribution in [3.05, 3.63) is 35.9 Å². The van der Waals surface area contributed by atoms with Crippen LogP contribution in [0, 0.1) is 17.8 Å². The van der Waals surface area contributed by atoms with Gasteiger partial charge >= 0.3 is 5.97 Å². The monoisotopic (exact) mass is 242 g/mol. The lowest BCUT2D eigenvalue weighted by molar-refractivity contribution is -0.137. The maximum absolute atomic E-state index is 11.5. The van der Waals surface area contributed by atoms with Crippen LogP contribution in [0.2, 0.25) is 0 Å². The van der Waals surface area contributed by atoms with Gasteiger partial charge in [-0.15, -0.1) is 0 Å². The average Bonchev–Trinajstić information content (AvgIpc) is 2.45. The first-order chi connectivity index (χ1) is 8.84. The van der Waals surface area contributed by atoms with Gasteiger partial charge in [0.15, 0.2) is 0 Å². The molecule has 1 saturated carbocycles. The molecular weight excluding hydrogens is 224 g/mol. The van der Waals surface area contributed by atoms with Crippen LogP contribution in [-0.2, 0) is 16.1 Å². The quantitative estimate of drug-likeness (QED) is 0.452. The van der Waals surface area contributed by atoms with Gasteiger partial charge < -0.3 is 4.74 Å². The van der Waals surface area contributed by atoms with Crippen LogP contribution in [0.4, 0.5) is 0 Å². The summed E-state index contributed by atoms with van der Waals surface area (Å²) in [6.07, 6.45) is 6.02. The molecule has 1 aliphatic carbocycles. The van der Waals surface area contributed by atoms with Gasteiger partial charge in [0.1, 0.15) is 6.61 Å². The van der Waals surface area contributed by atoms with E-state index in [1.165, 1.54) is 19.3 Å². The predicted octanol–water partition coefficient (Wildman–Crippen LogP) is 3.31. The highest BCUT2D eigenvalue weighted by Crippen LogP contribution is 2.22. The third-order valence-electron chi connectivity index (χ3n) is 3.20. The van der Waals surface area contributed by atoms with E-state index in [0.29, 0.717) is 12.5 Å². The summed E-state index contributed by atoms with van der Waals surface area (Å²) in [7, 11) is 0. The molecule has 0 N–H and O–H groups in total. The number of benzene rings is 1. The SMILES string of the molecule is O=C(C#CC1CCCCC1)OCc1ccccc1. The Kier molecular flexibility index (Phi) is 4.84. The van der Waals surface area contributed by atoms with E-state index < -0.39 is 5.97 Å². The standard InChI is InChI=1S/C16H18O2/c17-16(12-11-14-7-3-1-4-8-14)18-13-15-9-5-2-6-10-15/h2,5-6,9-10,14H,1,3-4,7-8,13H2. The molecule has 0 saturated heterocycles. The molecule has 0 spiro atoms. The van der Waals surface area contributed by atoms with Crippen molar-refractivity contribution in [1.82, 2.24) is 0 Å². The zero-order chi connectivity index (χ0) is 12.6. The molecule has 0 radical (unpaired) electrons. The molecule has 0 amide bonds. The number of ether oxygens (including phenoxy) is 1. The van der Waals surface area contributed by atoms with E-state index in [-0.39, 0.29) is 0 Å². The summed E-state index contributed by atoms with van der Waals surface area (Å²) < 4.78 is 5.11. The Labute approximate surface area is 108 Å². The fraction of sp³-hybridized carbons (Fsp3) is 0.438.